The Bertz CT molecular complexity index is 1730. The summed E-state index contributed by atoms with van der Waals surface area (Å²) in [7, 11) is 1.64. The Balaban J connectivity index is 1.25. The number of hydrogen-bond donors (Lipinski definition) is 0. The average molecular weight is 652 g/mol. The molecule has 0 saturated carbocycles. The predicted molar refractivity (Wildman–Crippen MR) is 168 cm³/mol. The van der Waals surface area contributed by atoms with Crippen LogP contribution in [-0.4, -0.2) is 69.2 Å². The Morgan fingerprint density at radius 1 is 0.886 bits per heavy atom. The van der Waals surface area contributed by atoms with Crippen molar-refractivity contribution in [3.8, 4) is 11.5 Å². The van der Waals surface area contributed by atoms with Crippen LogP contribution >= 0.6 is 0 Å². The van der Waals surface area contributed by atoms with Gasteiger partial charge in [0, 0.05) is 0 Å². The zero-order valence-electron chi connectivity index (χ0n) is 24.5. The molecule has 0 N–H and O–H groups in total. The number of hydrogen-bond acceptors (Lipinski definition) is 6. The SMILES string of the molecule is COc1ccc(N2C(=O)[C@H]3[C@@H]2[C@H]2[C@H](c4ccc(C)cc4)[C@]4(COc5ccccc5C4=O)ON2[C@@H]3C[Se]c2ccccc2)cc1. The second-order valence-corrected chi connectivity index (χ2v) is 14.2. The Labute approximate surface area is 262 Å². The Hall–Kier alpha value is -3.94. The number of Topliss-reactive ketones (excluding diaryl/α,β-unsaturated/α-hetero) is 1. The van der Waals surface area contributed by atoms with E-state index in [0.717, 1.165) is 27.9 Å². The summed E-state index contributed by atoms with van der Waals surface area (Å²) in [5.74, 6) is 0.774. The first-order chi connectivity index (χ1) is 21.5. The zero-order valence-corrected chi connectivity index (χ0v) is 26.2. The number of ketones is 1. The number of benzene rings is 4. The van der Waals surface area contributed by atoms with E-state index in [9.17, 15) is 9.59 Å². The molecule has 1 spiro atoms. The van der Waals surface area contributed by atoms with Gasteiger partial charge in [-0.1, -0.05) is 0 Å². The van der Waals surface area contributed by atoms with Gasteiger partial charge in [0.1, 0.15) is 0 Å². The van der Waals surface area contributed by atoms with E-state index >= 15 is 0 Å². The van der Waals surface area contributed by atoms with Crippen molar-refractivity contribution in [3.05, 3.63) is 120 Å². The van der Waals surface area contributed by atoms with Gasteiger partial charge in [0.15, 0.2) is 0 Å². The number of amides is 1. The fraction of sp³-hybridized carbons (Fsp3) is 0.278. The van der Waals surface area contributed by atoms with Crippen molar-refractivity contribution in [2.75, 3.05) is 18.6 Å². The number of methoxy groups -OCH3 is 1. The van der Waals surface area contributed by atoms with Gasteiger partial charge in [-0.2, -0.15) is 0 Å². The normalized spacial score (nSPS) is 28.7. The summed E-state index contributed by atoms with van der Waals surface area (Å²) in [6.45, 7) is 2.17. The molecule has 6 atom stereocenters. The van der Waals surface area contributed by atoms with Crippen LogP contribution in [0.3, 0.4) is 0 Å². The van der Waals surface area contributed by atoms with Crippen LogP contribution in [-0.2, 0) is 9.63 Å². The molecular weight excluding hydrogens is 619 g/mol. The van der Waals surface area contributed by atoms with Gasteiger partial charge in [0.25, 0.3) is 0 Å². The summed E-state index contributed by atoms with van der Waals surface area (Å²) in [6, 6.07) is 33.3. The molecule has 0 aliphatic carbocycles. The monoisotopic (exact) mass is 652 g/mol. The molecule has 4 aliphatic heterocycles. The number of β-lactam (4-membered cyclic amide) rings is 1. The summed E-state index contributed by atoms with van der Waals surface area (Å²) in [4.78, 5) is 37.6. The second-order valence-electron chi connectivity index (χ2n) is 11.9. The first-order valence-corrected chi connectivity index (χ1v) is 17.0. The van der Waals surface area contributed by atoms with Crippen molar-refractivity contribution in [2.45, 2.75) is 41.9 Å². The van der Waals surface area contributed by atoms with E-state index in [4.69, 9.17) is 14.3 Å². The number of carbonyl (C=O) groups excluding carboxylic acids is 2. The van der Waals surface area contributed by atoms with Gasteiger partial charge in [-0.05, 0) is 0 Å². The van der Waals surface area contributed by atoms with Crippen LogP contribution in [0.5, 0.6) is 11.5 Å². The van der Waals surface area contributed by atoms with Crippen LogP contribution in [0.1, 0.15) is 27.4 Å². The van der Waals surface area contributed by atoms with Crippen molar-refractivity contribution in [2.24, 2.45) is 5.92 Å². The summed E-state index contributed by atoms with van der Waals surface area (Å²) in [6.07, 6.45) is 0. The molecule has 4 aromatic carbocycles. The van der Waals surface area contributed by atoms with Crippen molar-refractivity contribution in [3.63, 3.8) is 0 Å². The Morgan fingerprint density at radius 2 is 1.61 bits per heavy atom. The molecule has 0 aromatic heterocycles. The molecular formula is C36H32N2O5Se. The number of aryl methyl sites for hydroxylation is 1. The predicted octanol–water partition coefficient (Wildman–Crippen LogP) is 4.58. The molecule has 8 heteroatoms. The number of carbonyl (C=O) groups is 2. The number of nitrogens with zero attached hydrogens (tertiary/aromatic N) is 2. The quantitative estimate of drug-likeness (QED) is 0.225. The van der Waals surface area contributed by atoms with Crippen LogP contribution in [0, 0.1) is 12.8 Å². The molecule has 44 heavy (non-hydrogen) atoms. The van der Waals surface area contributed by atoms with Crippen LogP contribution in [0.15, 0.2) is 103 Å². The van der Waals surface area contributed by atoms with Gasteiger partial charge in [-0.25, -0.2) is 0 Å². The molecule has 0 unspecified atom stereocenters. The molecule has 8 rings (SSSR count). The van der Waals surface area contributed by atoms with E-state index in [0.29, 0.717) is 11.3 Å². The molecule has 4 heterocycles. The minimum absolute atomic E-state index is 0.0650. The topological polar surface area (TPSA) is 68.3 Å². The fourth-order valence-electron chi connectivity index (χ4n) is 7.53. The van der Waals surface area contributed by atoms with Crippen LogP contribution in [0.4, 0.5) is 5.69 Å². The maximum absolute atomic E-state index is 14.6. The van der Waals surface area contributed by atoms with E-state index in [1.165, 1.54) is 4.46 Å². The molecule has 1 amide bonds. The molecule has 7 nitrogen and oxygen atoms in total. The summed E-state index contributed by atoms with van der Waals surface area (Å²) >= 11 is 0.115. The van der Waals surface area contributed by atoms with Crippen LogP contribution in [0.2, 0.25) is 5.32 Å². The summed E-state index contributed by atoms with van der Waals surface area (Å²) in [5.41, 5.74) is 2.27. The van der Waals surface area contributed by atoms with Crippen molar-refractivity contribution < 1.29 is 23.9 Å². The van der Waals surface area contributed by atoms with Crippen LogP contribution < -0.4 is 18.8 Å². The molecule has 0 bridgehead atoms. The maximum atomic E-state index is 14.6. The second kappa shape index (κ2) is 10.6. The Morgan fingerprint density at radius 3 is 2.36 bits per heavy atom. The number of anilines is 1. The number of para-hydroxylation sites is 1. The fourth-order valence-corrected chi connectivity index (χ4v) is 9.77. The number of hydroxylamine groups is 2. The van der Waals surface area contributed by atoms with E-state index in [-0.39, 0.29) is 63.2 Å². The van der Waals surface area contributed by atoms with Crippen molar-refractivity contribution in [1.29, 1.82) is 0 Å². The first kappa shape index (κ1) is 27.6. The molecule has 4 aliphatic rings. The third-order valence-electron chi connectivity index (χ3n) is 9.60. The minimum atomic E-state index is -1.25. The average Bonchev–Trinajstić information content (AvgIpc) is 3.52. The molecule has 222 valence electrons. The standard InChI is InChI=1S/C36H32N2O5Se/c1-22-12-14-23(15-13-22)31-33-32-30(35(40)37(32)24-16-18-25(41-2)19-17-24)28(20-44-26-8-4-3-5-9-26)38(33)43-36(31)21-42-29-11-7-6-10-27(29)34(36)39/h3-19,28,30-33H,20-21H2,1-2H3/t28-,30-,31+,32-,33-,36+/m1/s1. The summed E-state index contributed by atoms with van der Waals surface area (Å²) in [5, 5.41) is 2.83. The van der Waals surface area contributed by atoms with Gasteiger partial charge < -0.3 is 0 Å². The number of fused-ring (bicyclic) bond motifs is 4. The van der Waals surface area contributed by atoms with Crippen LogP contribution in [0.25, 0.3) is 0 Å². The summed E-state index contributed by atoms with van der Waals surface area (Å²) < 4.78 is 13.0. The van der Waals surface area contributed by atoms with Gasteiger partial charge >= 0.3 is 263 Å². The third-order valence-corrected chi connectivity index (χ3v) is 11.9. The van der Waals surface area contributed by atoms with E-state index in [1.54, 1.807) is 7.11 Å². The molecule has 4 aromatic rings. The van der Waals surface area contributed by atoms with Gasteiger partial charge in [-0.3, -0.25) is 0 Å². The van der Waals surface area contributed by atoms with Crippen molar-refractivity contribution in [1.82, 2.24) is 5.06 Å². The Kier molecular flexibility index (Phi) is 6.65. The van der Waals surface area contributed by atoms with Gasteiger partial charge in [-0.15, -0.1) is 0 Å². The molecule has 3 fully saturated rings. The van der Waals surface area contributed by atoms with Gasteiger partial charge in [0.05, 0.1) is 0 Å². The first-order valence-electron chi connectivity index (χ1n) is 15.0. The third kappa shape index (κ3) is 4.09. The number of rotatable bonds is 6. The van der Waals surface area contributed by atoms with E-state index in [1.807, 2.05) is 64.6 Å². The van der Waals surface area contributed by atoms with Gasteiger partial charge in [0.2, 0.25) is 0 Å². The molecule has 3 saturated heterocycles. The van der Waals surface area contributed by atoms with E-state index in [2.05, 4.69) is 55.5 Å². The molecule has 0 radical (unpaired) electrons. The number of ether oxygens (including phenoxy) is 2. The van der Waals surface area contributed by atoms with E-state index < -0.39 is 5.60 Å². The zero-order chi connectivity index (χ0) is 30.0. The van der Waals surface area contributed by atoms with Crippen molar-refractivity contribution >= 4 is 36.8 Å².